The SMILES string of the molecule is CC(C)(C)OC(=O)N1CCC[C@@H]1c1ccccc1C1=CC(C)(C)OCC1. The second kappa shape index (κ2) is 7.07. The van der Waals surface area contributed by atoms with Crippen LogP contribution in [0.25, 0.3) is 5.57 Å². The normalized spacial score (nSPS) is 22.9. The van der Waals surface area contributed by atoms with Crippen molar-refractivity contribution in [3.63, 3.8) is 0 Å². The second-order valence-electron chi connectivity index (χ2n) is 8.79. The standard InChI is InChI=1S/C22H31NO3/c1-21(2,3)26-20(24)23-13-8-11-19(23)18-10-7-6-9-17(18)16-12-14-25-22(4,5)15-16/h6-7,9-10,15,19H,8,11-14H2,1-5H3/t19-/m1/s1. The molecule has 0 bridgehead atoms. The molecular formula is C22H31NO3. The van der Waals surface area contributed by atoms with Gasteiger partial charge in [-0.05, 0) is 76.7 Å². The van der Waals surface area contributed by atoms with Gasteiger partial charge in [0.2, 0.25) is 0 Å². The maximum Gasteiger partial charge on any atom is 0.410 e. The van der Waals surface area contributed by atoms with Crippen LogP contribution in [0.5, 0.6) is 0 Å². The number of amides is 1. The summed E-state index contributed by atoms with van der Waals surface area (Å²) in [5.74, 6) is 0. The van der Waals surface area contributed by atoms with E-state index in [2.05, 4.69) is 44.2 Å². The van der Waals surface area contributed by atoms with Crippen LogP contribution in [0.1, 0.15) is 71.0 Å². The van der Waals surface area contributed by atoms with E-state index in [-0.39, 0.29) is 17.7 Å². The molecule has 142 valence electrons. The van der Waals surface area contributed by atoms with Gasteiger partial charge in [0.25, 0.3) is 0 Å². The van der Waals surface area contributed by atoms with Gasteiger partial charge in [-0.25, -0.2) is 4.79 Å². The number of nitrogens with zero attached hydrogens (tertiary/aromatic N) is 1. The number of hydrogen-bond donors (Lipinski definition) is 0. The predicted octanol–water partition coefficient (Wildman–Crippen LogP) is 5.34. The Balaban J connectivity index is 1.92. The number of benzene rings is 1. The number of hydrogen-bond acceptors (Lipinski definition) is 3. The highest BCUT2D eigenvalue weighted by Gasteiger charge is 2.35. The van der Waals surface area contributed by atoms with Crippen LogP contribution in [0.2, 0.25) is 0 Å². The molecule has 26 heavy (non-hydrogen) atoms. The molecule has 4 heteroatoms. The Labute approximate surface area is 157 Å². The zero-order chi connectivity index (χ0) is 18.9. The zero-order valence-electron chi connectivity index (χ0n) is 16.7. The first-order chi connectivity index (χ1) is 12.2. The highest BCUT2D eigenvalue weighted by atomic mass is 16.6. The summed E-state index contributed by atoms with van der Waals surface area (Å²) in [7, 11) is 0. The van der Waals surface area contributed by atoms with E-state index in [1.54, 1.807) is 0 Å². The average molecular weight is 357 g/mol. The van der Waals surface area contributed by atoms with E-state index in [4.69, 9.17) is 9.47 Å². The third kappa shape index (κ3) is 4.29. The molecule has 0 saturated carbocycles. The Morgan fingerprint density at radius 3 is 2.69 bits per heavy atom. The van der Waals surface area contributed by atoms with Gasteiger partial charge in [0, 0.05) is 6.54 Å². The van der Waals surface area contributed by atoms with Crippen LogP contribution in [-0.4, -0.2) is 35.3 Å². The van der Waals surface area contributed by atoms with E-state index in [0.717, 1.165) is 32.4 Å². The Hall–Kier alpha value is -1.81. The molecule has 0 unspecified atom stereocenters. The lowest BCUT2D eigenvalue weighted by Crippen LogP contribution is -2.36. The molecule has 2 aliphatic rings. The molecule has 2 aliphatic heterocycles. The number of carbonyl (C=O) groups is 1. The molecule has 2 heterocycles. The molecule has 1 aromatic carbocycles. The predicted molar refractivity (Wildman–Crippen MR) is 104 cm³/mol. The van der Waals surface area contributed by atoms with E-state index >= 15 is 0 Å². The largest absolute Gasteiger partial charge is 0.444 e. The summed E-state index contributed by atoms with van der Waals surface area (Å²) in [5, 5.41) is 0. The van der Waals surface area contributed by atoms with Crippen molar-refractivity contribution in [2.24, 2.45) is 0 Å². The van der Waals surface area contributed by atoms with Crippen LogP contribution >= 0.6 is 0 Å². The molecular weight excluding hydrogens is 326 g/mol. The molecule has 1 fully saturated rings. The molecule has 0 N–H and O–H groups in total. The van der Waals surface area contributed by atoms with Crippen molar-refractivity contribution < 1.29 is 14.3 Å². The van der Waals surface area contributed by atoms with Crippen LogP contribution in [0, 0.1) is 0 Å². The molecule has 4 nitrogen and oxygen atoms in total. The summed E-state index contributed by atoms with van der Waals surface area (Å²) >= 11 is 0. The smallest absolute Gasteiger partial charge is 0.410 e. The topological polar surface area (TPSA) is 38.8 Å². The van der Waals surface area contributed by atoms with Crippen molar-refractivity contribution in [2.45, 2.75) is 71.1 Å². The highest BCUT2D eigenvalue weighted by molar-refractivity contribution is 5.73. The van der Waals surface area contributed by atoms with Crippen LogP contribution in [0.15, 0.2) is 30.3 Å². The van der Waals surface area contributed by atoms with E-state index in [1.807, 2.05) is 25.7 Å². The van der Waals surface area contributed by atoms with Gasteiger partial charge in [-0.15, -0.1) is 0 Å². The molecule has 1 atom stereocenters. The summed E-state index contributed by atoms with van der Waals surface area (Å²) in [6, 6.07) is 8.55. The Morgan fingerprint density at radius 2 is 2.00 bits per heavy atom. The van der Waals surface area contributed by atoms with Gasteiger partial charge in [-0.1, -0.05) is 24.3 Å². The van der Waals surface area contributed by atoms with Gasteiger partial charge in [-0.2, -0.15) is 0 Å². The average Bonchev–Trinajstić information content (AvgIpc) is 3.02. The number of carbonyl (C=O) groups excluding carboxylic acids is 1. The number of rotatable bonds is 2. The fourth-order valence-electron chi connectivity index (χ4n) is 3.88. The van der Waals surface area contributed by atoms with Crippen molar-refractivity contribution >= 4 is 11.7 Å². The minimum Gasteiger partial charge on any atom is -0.444 e. The van der Waals surface area contributed by atoms with Crippen molar-refractivity contribution in [3.05, 3.63) is 41.5 Å². The first-order valence-corrected chi connectivity index (χ1v) is 9.61. The highest BCUT2D eigenvalue weighted by Crippen LogP contribution is 2.39. The van der Waals surface area contributed by atoms with E-state index in [9.17, 15) is 4.79 Å². The van der Waals surface area contributed by atoms with Crippen LogP contribution < -0.4 is 0 Å². The van der Waals surface area contributed by atoms with Gasteiger partial charge < -0.3 is 14.4 Å². The van der Waals surface area contributed by atoms with Gasteiger partial charge in [0.15, 0.2) is 0 Å². The molecule has 0 aromatic heterocycles. The first-order valence-electron chi connectivity index (χ1n) is 9.61. The third-order valence-corrected chi connectivity index (χ3v) is 4.91. The quantitative estimate of drug-likeness (QED) is 0.717. The van der Waals surface area contributed by atoms with E-state index in [1.165, 1.54) is 16.7 Å². The third-order valence-electron chi connectivity index (χ3n) is 4.91. The molecule has 0 radical (unpaired) electrons. The van der Waals surface area contributed by atoms with Crippen molar-refractivity contribution in [1.29, 1.82) is 0 Å². The molecule has 1 saturated heterocycles. The van der Waals surface area contributed by atoms with E-state index in [0.29, 0.717) is 0 Å². The second-order valence-corrected chi connectivity index (χ2v) is 8.79. The van der Waals surface area contributed by atoms with Crippen molar-refractivity contribution in [3.8, 4) is 0 Å². The number of likely N-dealkylation sites (tertiary alicyclic amines) is 1. The van der Waals surface area contributed by atoms with E-state index < -0.39 is 5.60 Å². The fourth-order valence-corrected chi connectivity index (χ4v) is 3.88. The van der Waals surface area contributed by atoms with Gasteiger partial charge >= 0.3 is 6.09 Å². The summed E-state index contributed by atoms with van der Waals surface area (Å²) in [6.07, 6.45) is 4.90. The number of ether oxygens (including phenoxy) is 2. The van der Waals surface area contributed by atoms with Gasteiger partial charge in [0.05, 0.1) is 18.2 Å². The maximum absolute atomic E-state index is 12.7. The van der Waals surface area contributed by atoms with Crippen LogP contribution in [0.4, 0.5) is 4.79 Å². The molecule has 3 rings (SSSR count). The van der Waals surface area contributed by atoms with Crippen molar-refractivity contribution in [1.82, 2.24) is 4.90 Å². The summed E-state index contributed by atoms with van der Waals surface area (Å²) in [4.78, 5) is 14.6. The fraction of sp³-hybridized carbons (Fsp3) is 0.591. The lowest BCUT2D eigenvalue weighted by molar-refractivity contribution is 0.0162. The van der Waals surface area contributed by atoms with Crippen LogP contribution in [-0.2, 0) is 9.47 Å². The molecule has 0 spiro atoms. The van der Waals surface area contributed by atoms with Crippen LogP contribution in [0.3, 0.4) is 0 Å². The van der Waals surface area contributed by atoms with Gasteiger partial charge in [-0.3, -0.25) is 0 Å². The lowest BCUT2D eigenvalue weighted by atomic mass is 9.88. The minimum absolute atomic E-state index is 0.0768. The molecule has 1 amide bonds. The molecule has 1 aromatic rings. The van der Waals surface area contributed by atoms with Gasteiger partial charge in [0.1, 0.15) is 5.60 Å². The minimum atomic E-state index is -0.475. The van der Waals surface area contributed by atoms with Crippen molar-refractivity contribution in [2.75, 3.05) is 13.2 Å². The first kappa shape index (κ1) is 19.0. The lowest BCUT2D eigenvalue weighted by Gasteiger charge is -2.32. The zero-order valence-corrected chi connectivity index (χ0v) is 16.7. The Kier molecular flexibility index (Phi) is 5.16. The maximum atomic E-state index is 12.7. The summed E-state index contributed by atoms with van der Waals surface area (Å²) in [5.41, 5.74) is 3.05. The molecule has 0 aliphatic carbocycles. The summed E-state index contributed by atoms with van der Waals surface area (Å²) < 4.78 is 11.5. The monoisotopic (exact) mass is 357 g/mol. The Bertz CT molecular complexity index is 700. The Morgan fingerprint density at radius 1 is 1.27 bits per heavy atom. The summed E-state index contributed by atoms with van der Waals surface area (Å²) in [6.45, 7) is 11.4.